The standard InChI is InChI=1S/C15H16I2O6/c1-14(2,16)12(20)22-8-5-6-9(11(18)19)10(7-8)23-13(21)15(3,4)17/h5-7H,1-4H3,(H,18,19)/p-1. The maximum Gasteiger partial charge on any atom is 0.326 e. The number of carbonyl (C=O) groups excluding carboxylic acids is 3. The summed E-state index contributed by atoms with van der Waals surface area (Å²) in [5.74, 6) is -2.77. The minimum atomic E-state index is -1.49. The van der Waals surface area contributed by atoms with Crippen molar-refractivity contribution in [1.82, 2.24) is 0 Å². The Balaban J connectivity index is 3.16. The predicted octanol–water partition coefficient (Wildman–Crippen LogP) is 2.29. The Hall–Kier alpha value is -0.910. The SMILES string of the molecule is CC(C)(I)C(=O)Oc1ccc(C(=O)[O-])c(OC(=O)C(C)(C)I)c1. The zero-order valence-corrected chi connectivity index (χ0v) is 17.3. The lowest BCUT2D eigenvalue weighted by molar-refractivity contribution is -0.255. The van der Waals surface area contributed by atoms with E-state index in [1.165, 1.54) is 18.2 Å². The van der Waals surface area contributed by atoms with Crippen molar-refractivity contribution < 1.29 is 29.0 Å². The Bertz CT molecular complexity index is 640. The molecule has 0 amide bonds. The van der Waals surface area contributed by atoms with E-state index < -0.39 is 24.8 Å². The van der Waals surface area contributed by atoms with Crippen LogP contribution in [0.4, 0.5) is 0 Å². The molecule has 8 heteroatoms. The molecule has 0 fully saturated rings. The van der Waals surface area contributed by atoms with Crippen LogP contribution in [-0.2, 0) is 9.59 Å². The lowest BCUT2D eigenvalue weighted by atomic mass is 10.1. The number of rotatable bonds is 5. The highest BCUT2D eigenvalue weighted by Crippen LogP contribution is 2.29. The molecule has 0 N–H and O–H groups in total. The summed E-state index contributed by atoms with van der Waals surface area (Å²) < 4.78 is 8.68. The highest BCUT2D eigenvalue weighted by molar-refractivity contribution is 14.1. The van der Waals surface area contributed by atoms with Gasteiger partial charge >= 0.3 is 11.9 Å². The Morgan fingerprint density at radius 2 is 1.43 bits per heavy atom. The van der Waals surface area contributed by atoms with Crippen LogP contribution in [0, 0.1) is 0 Å². The summed E-state index contributed by atoms with van der Waals surface area (Å²) in [6.07, 6.45) is 0. The Labute approximate surface area is 161 Å². The summed E-state index contributed by atoms with van der Waals surface area (Å²) in [5.41, 5.74) is -0.299. The van der Waals surface area contributed by atoms with E-state index in [0.29, 0.717) is 0 Å². The summed E-state index contributed by atoms with van der Waals surface area (Å²) in [4.78, 5) is 35.0. The van der Waals surface area contributed by atoms with Gasteiger partial charge in [-0.1, -0.05) is 45.2 Å². The number of carboxylic acid groups (broad SMARTS) is 1. The fourth-order valence-corrected chi connectivity index (χ4v) is 1.49. The monoisotopic (exact) mass is 545 g/mol. The van der Waals surface area contributed by atoms with Gasteiger partial charge in [-0.25, -0.2) is 0 Å². The molecule has 0 saturated carbocycles. The van der Waals surface area contributed by atoms with Crippen LogP contribution in [0.2, 0.25) is 0 Å². The molecule has 0 unspecified atom stereocenters. The molecular formula is C15H15I2O6-. The van der Waals surface area contributed by atoms with Crippen molar-refractivity contribution in [2.45, 2.75) is 34.5 Å². The van der Waals surface area contributed by atoms with Crippen molar-refractivity contribution in [3.63, 3.8) is 0 Å². The largest absolute Gasteiger partial charge is 0.545 e. The first-order valence-electron chi connectivity index (χ1n) is 6.50. The van der Waals surface area contributed by atoms with Crippen LogP contribution in [0.1, 0.15) is 38.1 Å². The van der Waals surface area contributed by atoms with Gasteiger partial charge in [0.2, 0.25) is 0 Å². The lowest BCUT2D eigenvalue weighted by Gasteiger charge is -2.19. The summed E-state index contributed by atoms with van der Waals surface area (Å²) in [7, 11) is 0. The zero-order valence-electron chi connectivity index (χ0n) is 12.9. The molecule has 0 bridgehead atoms. The number of hydrogen-bond donors (Lipinski definition) is 0. The summed E-state index contributed by atoms with van der Waals surface area (Å²) in [5, 5.41) is 11.1. The van der Waals surface area contributed by atoms with E-state index in [-0.39, 0.29) is 17.1 Å². The first-order chi connectivity index (χ1) is 10.3. The van der Waals surface area contributed by atoms with Gasteiger partial charge in [-0.3, -0.25) is 9.59 Å². The maximum atomic E-state index is 11.9. The van der Waals surface area contributed by atoms with Gasteiger partial charge in [0.25, 0.3) is 0 Å². The van der Waals surface area contributed by atoms with Gasteiger partial charge in [-0.05, 0) is 39.8 Å². The number of aromatic carboxylic acids is 1. The van der Waals surface area contributed by atoms with Crippen molar-refractivity contribution in [2.75, 3.05) is 0 Å². The van der Waals surface area contributed by atoms with E-state index >= 15 is 0 Å². The minimum Gasteiger partial charge on any atom is -0.545 e. The molecule has 0 saturated heterocycles. The molecule has 0 aliphatic rings. The van der Waals surface area contributed by atoms with Crippen LogP contribution in [0.25, 0.3) is 0 Å². The maximum absolute atomic E-state index is 11.9. The van der Waals surface area contributed by atoms with Crippen molar-refractivity contribution in [2.24, 2.45) is 0 Å². The molecule has 1 aromatic rings. The van der Waals surface area contributed by atoms with Crippen molar-refractivity contribution in [3.05, 3.63) is 23.8 Å². The topological polar surface area (TPSA) is 92.7 Å². The highest BCUT2D eigenvalue weighted by atomic mass is 127. The van der Waals surface area contributed by atoms with Crippen LogP contribution >= 0.6 is 45.2 Å². The second-order valence-corrected chi connectivity index (χ2v) is 11.1. The molecular weight excluding hydrogens is 530 g/mol. The van der Waals surface area contributed by atoms with E-state index in [9.17, 15) is 19.5 Å². The average Bonchev–Trinajstić information content (AvgIpc) is 2.36. The first-order valence-corrected chi connectivity index (χ1v) is 8.66. The summed E-state index contributed by atoms with van der Waals surface area (Å²) >= 11 is 3.79. The summed E-state index contributed by atoms with van der Waals surface area (Å²) in [6.45, 7) is 6.59. The number of carboxylic acids is 1. The normalized spacial score (nSPS) is 11.7. The molecule has 0 aliphatic heterocycles. The van der Waals surface area contributed by atoms with Gasteiger partial charge in [0.15, 0.2) is 0 Å². The third kappa shape index (κ3) is 5.90. The Morgan fingerprint density at radius 1 is 0.957 bits per heavy atom. The molecule has 0 atom stereocenters. The van der Waals surface area contributed by atoms with Gasteiger partial charge in [0.05, 0.1) is 5.97 Å². The molecule has 23 heavy (non-hydrogen) atoms. The predicted molar refractivity (Wildman–Crippen MR) is 98.2 cm³/mol. The quantitative estimate of drug-likeness (QED) is 0.244. The fourth-order valence-electron chi connectivity index (χ4n) is 1.27. The Morgan fingerprint density at radius 3 is 1.87 bits per heavy atom. The number of esters is 2. The molecule has 0 spiro atoms. The van der Waals surface area contributed by atoms with Crippen LogP contribution in [0.15, 0.2) is 18.2 Å². The van der Waals surface area contributed by atoms with E-state index in [0.717, 1.165) is 0 Å². The van der Waals surface area contributed by atoms with E-state index in [2.05, 4.69) is 0 Å². The minimum absolute atomic E-state index is 0.0822. The van der Waals surface area contributed by atoms with Crippen LogP contribution in [0.3, 0.4) is 0 Å². The molecule has 126 valence electrons. The molecule has 0 aliphatic carbocycles. The van der Waals surface area contributed by atoms with Gasteiger partial charge in [-0.15, -0.1) is 0 Å². The second-order valence-electron chi connectivity index (χ2n) is 5.67. The zero-order chi connectivity index (χ0) is 18.0. The third-order valence-corrected chi connectivity index (χ3v) is 3.44. The average molecular weight is 545 g/mol. The fraction of sp³-hybridized carbons (Fsp3) is 0.400. The van der Waals surface area contributed by atoms with Crippen molar-refractivity contribution >= 4 is 63.1 Å². The molecule has 1 aromatic carbocycles. The smallest absolute Gasteiger partial charge is 0.326 e. The molecule has 6 nitrogen and oxygen atoms in total. The molecule has 0 aromatic heterocycles. The van der Waals surface area contributed by atoms with E-state index in [1.807, 2.05) is 45.2 Å². The lowest BCUT2D eigenvalue weighted by Crippen LogP contribution is -2.31. The number of halogens is 2. The van der Waals surface area contributed by atoms with Crippen LogP contribution < -0.4 is 14.6 Å². The third-order valence-electron chi connectivity index (χ3n) is 2.56. The molecule has 0 radical (unpaired) electrons. The Kier molecular flexibility index (Phi) is 6.41. The number of carbonyl (C=O) groups is 3. The van der Waals surface area contributed by atoms with E-state index in [4.69, 9.17) is 9.47 Å². The van der Waals surface area contributed by atoms with Gasteiger partial charge in [0, 0.05) is 11.6 Å². The van der Waals surface area contributed by atoms with Crippen molar-refractivity contribution in [1.29, 1.82) is 0 Å². The summed E-state index contributed by atoms with van der Waals surface area (Å²) in [6, 6.07) is 3.66. The van der Waals surface area contributed by atoms with Gasteiger partial charge in [-0.2, -0.15) is 0 Å². The first kappa shape index (κ1) is 20.1. The van der Waals surface area contributed by atoms with Gasteiger partial charge < -0.3 is 19.4 Å². The van der Waals surface area contributed by atoms with Crippen LogP contribution in [0.5, 0.6) is 11.5 Å². The number of ether oxygens (including phenoxy) is 2. The highest BCUT2D eigenvalue weighted by Gasteiger charge is 2.28. The number of hydrogen-bond acceptors (Lipinski definition) is 6. The van der Waals surface area contributed by atoms with Gasteiger partial charge in [0.1, 0.15) is 18.3 Å². The number of benzene rings is 1. The second kappa shape index (κ2) is 7.32. The molecule has 0 heterocycles. The van der Waals surface area contributed by atoms with Crippen molar-refractivity contribution in [3.8, 4) is 11.5 Å². The van der Waals surface area contributed by atoms with Crippen LogP contribution in [-0.4, -0.2) is 24.8 Å². The number of alkyl halides is 2. The molecule has 1 rings (SSSR count). The van der Waals surface area contributed by atoms with E-state index in [1.54, 1.807) is 27.7 Å².